The van der Waals surface area contributed by atoms with Gasteiger partial charge in [0, 0.05) is 25.0 Å². The Morgan fingerprint density at radius 1 is 1.15 bits per heavy atom. The molecule has 0 spiro atoms. The summed E-state index contributed by atoms with van der Waals surface area (Å²) in [6, 6.07) is 13.3. The van der Waals surface area contributed by atoms with Gasteiger partial charge in [0.1, 0.15) is 11.5 Å². The molecule has 2 aromatic carbocycles. The number of carbonyl (C=O) groups is 3. The lowest BCUT2D eigenvalue weighted by molar-refractivity contribution is -0.123. The lowest BCUT2D eigenvalue weighted by Gasteiger charge is -2.14. The Bertz CT molecular complexity index is 1260. The molecule has 1 aromatic heterocycles. The number of aromatic nitrogens is 1. The van der Waals surface area contributed by atoms with Gasteiger partial charge in [-0.05, 0) is 53.6 Å². The maximum atomic E-state index is 13.2. The molecule has 3 aromatic rings. The van der Waals surface area contributed by atoms with E-state index in [0.717, 1.165) is 11.0 Å². The molecule has 8 nitrogen and oxygen atoms in total. The van der Waals surface area contributed by atoms with Crippen LogP contribution in [0.4, 0.5) is 20.6 Å². The molecule has 0 saturated carbocycles. The molecular formula is C24H20FN5O3. The Hall–Kier alpha value is -4.53. The largest absolute Gasteiger partial charge is 0.397 e. The topological polar surface area (TPSA) is 109 Å². The molecule has 0 bridgehead atoms. The van der Waals surface area contributed by atoms with Crippen LogP contribution in [0.15, 0.2) is 72.7 Å². The van der Waals surface area contributed by atoms with Gasteiger partial charge in [0.2, 0.25) is 0 Å². The second kappa shape index (κ2) is 8.91. The Morgan fingerprint density at radius 3 is 2.58 bits per heavy atom. The molecule has 4 amide bonds. The number of amides is 4. The number of carbonyl (C=O) groups excluding carboxylic acids is 3. The third-order valence-electron chi connectivity index (χ3n) is 5.15. The maximum Gasteiger partial charge on any atom is 0.331 e. The predicted octanol–water partition coefficient (Wildman–Crippen LogP) is 3.49. The van der Waals surface area contributed by atoms with E-state index in [1.54, 1.807) is 54.9 Å². The maximum absolute atomic E-state index is 13.2. The number of rotatable bonds is 5. The number of hydrogen-bond acceptors (Lipinski definition) is 5. The predicted molar refractivity (Wildman–Crippen MR) is 121 cm³/mol. The molecule has 3 N–H and O–H groups in total. The third-order valence-corrected chi connectivity index (χ3v) is 5.15. The normalized spacial score (nSPS) is 14.8. The van der Waals surface area contributed by atoms with Crippen molar-refractivity contribution in [3.05, 3.63) is 95.2 Å². The van der Waals surface area contributed by atoms with Gasteiger partial charge in [-0.2, -0.15) is 0 Å². The fraction of sp³-hybridized carbons (Fsp3) is 0.0833. The molecule has 0 radical (unpaired) electrons. The van der Waals surface area contributed by atoms with Crippen molar-refractivity contribution in [3.63, 3.8) is 0 Å². The third kappa shape index (κ3) is 4.57. The summed E-state index contributed by atoms with van der Waals surface area (Å²) in [5.41, 5.74) is 8.11. The average Bonchev–Trinajstić information content (AvgIpc) is 3.00. The highest BCUT2D eigenvalue weighted by molar-refractivity contribution is 6.13. The van der Waals surface area contributed by atoms with Crippen molar-refractivity contribution in [2.24, 2.45) is 0 Å². The van der Waals surface area contributed by atoms with Gasteiger partial charge < -0.3 is 11.1 Å². The van der Waals surface area contributed by atoms with E-state index in [1.807, 2.05) is 0 Å². The van der Waals surface area contributed by atoms with Crippen LogP contribution in [0.25, 0.3) is 6.08 Å². The average molecular weight is 445 g/mol. The van der Waals surface area contributed by atoms with Crippen molar-refractivity contribution in [3.8, 4) is 0 Å². The van der Waals surface area contributed by atoms with Crippen LogP contribution in [0.5, 0.6) is 0 Å². The second-order valence-electron chi connectivity index (χ2n) is 7.43. The zero-order valence-corrected chi connectivity index (χ0v) is 17.7. The zero-order chi connectivity index (χ0) is 23.5. The van der Waals surface area contributed by atoms with Gasteiger partial charge in [0.25, 0.3) is 11.8 Å². The van der Waals surface area contributed by atoms with E-state index in [4.69, 9.17) is 5.73 Å². The van der Waals surface area contributed by atoms with Gasteiger partial charge in [0.05, 0.1) is 17.9 Å². The SMILES string of the molecule is CN1C(=O)N(Cc2ccc(C(=O)Nc3ccc(F)cc3N)cc2)C(=O)/C1=C/c1cccnc1. The molecule has 1 aliphatic rings. The monoisotopic (exact) mass is 445 g/mol. The molecule has 33 heavy (non-hydrogen) atoms. The molecule has 0 unspecified atom stereocenters. The Morgan fingerprint density at radius 2 is 1.91 bits per heavy atom. The van der Waals surface area contributed by atoms with Gasteiger partial charge in [0.15, 0.2) is 0 Å². The lowest BCUT2D eigenvalue weighted by atomic mass is 10.1. The molecule has 2 heterocycles. The van der Waals surface area contributed by atoms with Crippen molar-refractivity contribution >= 4 is 35.3 Å². The first-order chi connectivity index (χ1) is 15.8. The fourth-order valence-corrected chi connectivity index (χ4v) is 3.36. The number of nitrogens with two attached hydrogens (primary N) is 1. The van der Waals surface area contributed by atoms with E-state index in [-0.39, 0.29) is 17.9 Å². The molecule has 0 aliphatic carbocycles. The van der Waals surface area contributed by atoms with Crippen molar-refractivity contribution in [2.45, 2.75) is 6.54 Å². The van der Waals surface area contributed by atoms with Crippen LogP contribution in [0.1, 0.15) is 21.5 Å². The molecule has 166 valence electrons. The van der Waals surface area contributed by atoms with E-state index >= 15 is 0 Å². The van der Waals surface area contributed by atoms with E-state index in [9.17, 15) is 18.8 Å². The van der Waals surface area contributed by atoms with Crippen LogP contribution in [0, 0.1) is 5.82 Å². The zero-order valence-electron chi connectivity index (χ0n) is 17.7. The minimum absolute atomic E-state index is 0.0548. The van der Waals surface area contributed by atoms with Crippen molar-refractivity contribution in [1.29, 1.82) is 0 Å². The molecule has 4 rings (SSSR count). The smallest absolute Gasteiger partial charge is 0.331 e. The summed E-state index contributed by atoms with van der Waals surface area (Å²) in [4.78, 5) is 44.4. The molecule has 1 fully saturated rings. The number of urea groups is 1. The van der Waals surface area contributed by atoms with E-state index in [0.29, 0.717) is 22.4 Å². The van der Waals surface area contributed by atoms with Gasteiger partial charge in [-0.3, -0.25) is 24.4 Å². The summed E-state index contributed by atoms with van der Waals surface area (Å²) < 4.78 is 13.2. The first-order valence-electron chi connectivity index (χ1n) is 10.00. The first kappa shape index (κ1) is 21.7. The number of nitrogens with one attached hydrogen (secondary N) is 1. The summed E-state index contributed by atoms with van der Waals surface area (Å²) in [7, 11) is 1.54. The molecule has 9 heteroatoms. The molecule has 1 saturated heterocycles. The first-order valence-corrected chi connectivity index (χ1v) is 10.00. The second-order valence-corrected chi connectivity index (χ2v) is 7.43. The Balaban J connectivity index is 1.46. The summed E-state index contributed by atoms with van der Waals surface area (Å²) in [5.74, 6) is -1.33. The summed E-state index contributed by atoms with van der Waals surface area (Å²) in [6.45, 7) is 0.0548. The number of benzene rings is 2. The van der Waals surface area contributed by atoms with Crippen molar-refractivity contribution in [2.75, 3.05) is 18.1 Å². The minimum Gasteiger partial charge on any atom is -0.397 e. The van der Waals surface area contributed by atoms with Gasteiger partial charge in [-0.15, -0.1) is 0 Å². The summed E-state index contributed by atoms with van der Waals surface area (Å²) in [5, 5.41) is 2.63. The standard InChI is InChI=1S/C24H20FN5O3/c1-29-21(11-16-3-2-10-27-13-16)23(32)30(24(29)33)14-15-4-6-17(7-5-15)22(31)28-20-9-8-18(25)12-19(20)26/h2-13H,14,26H2,1H3,(H,28,31)/b21-11-. The number of pyridine rings is 1. The van der Waals surface area contributed by atoms with E-state index in [1.165, 1.54) is 24.1 Å². The van der Waals surface area contributed by atoms with Crippen LogP contribution >= 0.6 is 0 Å². The highest BCUT2D eigenvalue weighted by Crippen LogP contribution is 2.24. The van der Waals surface area contributed by atoms with Crippen molar-refractivity contribution < 1.29 is 18.8 Å². The summed E-state index contributed by atoms with van der Waals surface area (Å²) in [6.07, 6.45) is 4.84. The van der Waals surface area contributed by atoms with Crippen LogP contribution in [-0.4, -0.2) is 39.7 Å². The van der Waals surface area contributed by atoms with Crippen LogP contribution < -0.4 is 11.1 Å². The number of nitrogen functional groups attached to an aromatic ring is 1. The number of anilines is 2. The van der Waals surface area contributed by atoms with Crippen LogP contribution in [-0.2, 0) is 11.3 Å². The van der Waals surface area contributed by atoms with Gasteiger partial charge in [-0.25, -0.2) is 9.18 Å². The number of likely N-dealkylation sites (N-methyl/N-ethyl adjacent to an activating group) is 1. The van der Waals surface area contributed by atoms with Crippen molar-refractivity contribution in [1.82, 2.24) is 14.8 Å². The van der Waals surface area contributed by atoms with E-state index in [2.05, 4.69) is 10.3 Å². The highest BCUT2D eigenvalue weighted by Gasteiger charge is 2.38. The van der Waals surface area contributed by atoms with E-state index < -0.39 is 23.7 Å². The molecule has 0 atom stereocenters. The highest BCUT2D eigenvalue weighted by atomic mass is 19.1. The molecular weight excluding hydrogens is 425 g/mol. The van der Waals surface area contributed by atoms with Crippen LogP contribution in [0.3, 0.4) is 0 Å². The fourth-order valence-electron chi connectivity index (χ4n) is 3.36. The Labute approximate surface area is 189 Å². The number of nitrogens with zero attached hydrogens (tertiary/aromatic N) is 3. The number of halogens is 1. The number of hydrogen-bond donors (Lipinski definition) is 2. The quantitative estimate of drug-likeness (QED) is 0.355. The van der Waals surface area contributed by atoms with Gasteiger partial charge >= 0.3 is 6.03 Å². The van der Waals surface area contributed by atoms with Crippen LogP contribution in [0.2, 0.25) is 0 Å². The molecule has 1 aliphatic heterocycles. The summed E-state index contributed by atoms with van der Waals surface area (Å²) >= 11 is 0. The minimum atomic E-state index is -0.495. The Kier molecular flexibility index (Phi) is 5.86. The lowest BCUT2D eigenvalue weighted by Crippen LogP contribution is -2.31. The number of imide groups is 1. The van der Waals surface area contributed by atoms with Gasteiger partial charge in [-0.1, -0.05) is 18.2 Å².